The highest BCUT2D eigenvalue weighted by Gasteiger charge is 2.39. The van der Waals surface area contributed by atoms with E-state index in [0.717, 1.165) is 43.9 Å². The minimum absolute atomic E-state index is 0.0377. The normalized spacial score (nSPS) is 21.5. The number of rotatable bonds is 7. The fourth-order valence-corrected chi connectivity index (χ4v) is 4.67. The average molecular weight is 410 g/mol. The highest BCUT2D eigenvalue weighted by molar-refractivity contribution is 5.81. The number of carbonyl (C=O) groups excluding carboxylic acids is 1. The zero-order chi connectivity index (χ0) is 21.3. The Morgan fingerprint density at radius 2 is 1.80 bits per heavy atom. The van der Waals surface area contributed by atoms with Gasteiger partial charge in [-0.1, -0.05) is 29.8 Å². The monoisotopic (exact) mass is 409 g/mol. The van der Waals surface area contributed by atoms with E-state index >= 15 is 0 Å². The number of hydrogen-bond donors (Lipinski definition) is 2. The van der Waals surface area contributed by atoms with Gasteiger partial charge in [0.15, 0.2) is 11.5 Å². The Kier molecular flexibility index (Phi) is 6.00. The SMILES string of the molecule is COc1cc2c(cc1OC)[C@H]([C@@H](C)NC(=O)C1CC1)[NH+](Cc1ccc(C)cc1)CC2. The number of carbonyl (C=O) groups is 1. The number of benzene rings is 2. The standard InChI is InChI=1S/C25H32N2O3/c1-16-5-7-18(8-6-16)15-27-12-11-20-13-22(29-3)23(30-4)14-21(20)24(27)17(2)26-25(28)19-9-10-19/h5-8,13-14,17,19,24H,9-12,15H2,1-4H3,(H,26,28)/p+1/t17-,24+/m1/s1. The van der Waals surface area contributed by atoms with Crippen LogP contribution in [-0.2, 0) is 17.8 Å². The summed E-state index contributed by atoms with van der Waals surface area (Å²) in [4.78, 5) is 14.0. The second-order valence-corrected chi connectivity index (χ2v) is 8.78. The maximum Gasteiger partial charge on any atom is 0.223 e. The van der Waals surface area contributed by atoms with Gasteiger partial charge in [-0.15, -0.1) is 0 Å². The van der Waals surface area contributed by atoms with Crippen molar-refractivity contribution in [1.82, 2.24) is 5.32 Å². The molecule has 1 unspecified atom stereocenters. The van der Waals surface area contributed by atoms with Crippen LogP contribution < -0.4 is 19.7 Å². The molecular formula is C25H33N2O3+. The van der Waals surface area contributed by atoms with E-state index in [0.29, 0.717) is 0 Å². The van der Waals surface area contributed by atoms with Gasteiger partial charge in [0.05, 0.1) is 26.8 Å². The Labute approximate surface area is 179 Å². The summed E-state index contributed by atoms with van der Waals surface area (Å²) in [6.07, 6.45) is 3.02. The zero-order valence-corrected chi connectivity index (χ0v) is 18.5. The van der Waals surface area contributed by atoms with E-state index in [4.69, 9.17) is 9.47 Å². The van der Waals surface area contributed by atoms with Crippen molar-refractivity contribution in [3.8, 4) is 11.5 Å². The number of aryl methyl sites for hydroxylation is 1. The molecule has 0 spiro atoms. The fourth-order valence-electron chi connectivity index (χ4n) is 4.67. The van der Waals surface area contributed by atoms with Crippen LogP contribution >= 0.6 is 0 Å². The molecule has 5 nitrogen and oxygen atoms in total. The van der Waals surface area contributed by atoms with Gasteiger partial charge in [-0.2, -0.15) is 0 Å². The summed E-state index contributed by atoms with van der Waals surface area (Å²) < 4.78 is 11.1. The Balaban J connectivity index is 1.67. The lowest BCUT2D eigenvalue weighted by molar-refractivity contribution is -0.948. The molecule has 4 rings (SSSR count). The highest BCUT2D eigenvalue weighted by Crippen LogP contribution is 2.35. The van der Waals surface area contributed by atoms with E-state index in [1.807, 2.05) is 0 Å². The van der Waals surface area contributed by atoms with Gasteiger partial charge in [0, 0.05) is 23.5 Å². The molecule has 5 heteroatoms. The van der Waals surface area contributed by atoms with Gasteiger partial charge in [-0.05, 0) is 44.4 Å². The van der Waals surface area contributed by atoms with E-state index < -0.39 is 0 Å². The molecule has 2 aromatic carbocycles. The number of hydrogen-bond acceptors (Lipinski definition) is 3. The summed E-state index contributed by atoms with van der Waals surface area (Å²) in [5.41, 5.74) is 5.14. The van der Waals surface area contributed by atoms with Crippen molar-refractivity contribution in [2.24, 2.45) is 5.92 Å². The number of fused-ring (bicyclic) bond motifs is 1. The smallest absolute Gasteiger partial charge is 0.223 e. The van der Waals surface area contributed by atoms with Crippen LogP contribution in [0.4, 0.5) is 0 Å². The minimum atomic E-state index is 0.0377. The quantitative estimate of drug-likeness (QED) is 0.739. The van der Waals surface area contributed by atoms with Crippen LogP contribution in [0, 0.1) is 12.8 Å². The van der Waals surface area contributed by atoms with Crippen molar-refractivity contribution in [3.63, 3.8) is 0 Å². The van der Waals surface area contributed by atoms with Crippen molar-refractivity contribution in [1.29, 1.82) is 0 Å². The van der Waals surface area contributed by atoms with Crippen LogP contribution in [0.5, 0.6) is 11.5 Å². The van der Waals surface area contributed by atoms with Crippen molar-refractivity contribution in [3.05, 3.63) is 58.7 Å². The number of quaternary nitrogens is 1. The van der Waals surface area contributed by atoms with E-state index in [1.54, 1.807) is 14.2 Å². The largest absolute Gasteiger partial charge is 0.493 e. The van der Waals surface area contributed by atoms with Crippen molar-refractivity contribution in [2.45, 2.75) is 51.7 Å². The molecule has 0 saturated heterocycles. The number of methoxy groups -OCH3 is 2. The van der Waals surface area contributed by atoms with Gasteiger partial charge in [0.2, 0.25) is 5.91 Å². The number of ether oxygens (including phenoxy) is 2. The third-order valence-electron chi connectivity index (χ3n) is 6.51. The first-order chi connectivity index (χ1) is 14.5. The summed E-state index contributed by atoms with van der Waals surface area (Å²) in [6.45, 7) is 6.21. The van der Waals surface area contributed by atoms with Crippen LogP contribution in [-0.4, -0.2) is 32.7 Å². The maximum atomic E-state index is 12.5. The predicted octanol–water partition coefficient (Wildman–Crippen LogP) is 2.61. The summed E-state index contributed by atoms with van der Waals surface area (Å²) in [5.74, 6) is 1.93. The predicted molar refractivity (Wildman–Crippen MR) is 117 cm³/mol. The first-order valence-electron chi connectivity index (χ1n) is 11.0. The minimum Gasteiger partial charge on any atom is -0.493 e. The molecule has 2 N–H and O–H groups in total. The molecule has 0 bridgehead atoms. The summed E-state index contributed by atoms with van der Waals surface area (Å²) >= 11 is 0. The third-order valence-corrected chi connectivity index (χ3v) is 6.51. The molecule has 1 aliphatic heterocycles. The Morgan fingerprint density at radius 3 is 2.43 bits per heavy atom. The first-order valence-corrected chi connectivity index (χ1v) is 11.0. The molecule has 2 aromatic rings. The van der Waals surface area contributed by atoms with Gasteiger partial charge in [0.25, 0.3) is 0 Å². The topological polar surface area (TPSA) is 52.0 Å². The lowest BCUT2D eigenvalue weighted by Crippen LogP contribution is -3.13. The van der Waals surface area contributed by atoms with E-state index in [1.165, 1.54) is 27.2 Å². The van der Waals surface area contributed by atoms with E-state index in [-0.39, 0.29) is 23.9 Å². The third kappa shape index (κ3) is 4.31. The molecule has 1 amide bonds. The maximum absolute atomic E-state index is 12.5. The van der Waals surface area contributed by atoms with Gasteiger partial charge in [-0.3, -0.25) is 4.79 Å². The van der Waals surface area contributed by atoms with Crippen LogP contribution in [0.1, 0.15) is 48.1 Å². The Morgan fingerprint density at radius 1 is 1.13 bits per heavy atom. The molecular weight excluding hydrogens is 376 g/mol. The van der Waals surface area contributed by atoms with Crippen molar-refractivity contribution in [2.75, 3.05) is 20.8 Å². The lowest BCUT2D eigenvalue weighted by atomic mass is 9.87. The van der Waals surface area contributed by atoms with Crippen molar-refractivity contribution >= 4 is 5.91 Å². The summed E-state index contributed by atoms with van der Waals surface area (Å²) in [5, 5.41) is 3.31. The van der Waals surface area contributed by atoms with Gasteiger partial charge in [0.1, 0.15) is 12.6 Å². The second-order valence-electron chi connectivity index (χ2n) is 8.78. The number of nitrogens with one attached hydrogen (secondary N) is 2. The second kappa shape index (κ2) is 8.68. The summed E-state index contributed by atoms with van der Waals surface area (Å²) in [7, 11) is 3.36. The fraction of sp³-hybridized carbons (Fsp3) is 0.480. The van der Waals surface area contributed by atoms with E-state index in [2.05, 4.69) is 55.6 Å². The number of amides is 1. The molecule has 30 heavy (non-hydrogen) atoms. The van der Waals surface area contributed by atoms with Gasteiger partial charge >= 0.3 is 0 Å². The average Bonchev–Trinajstić information content (AvgIpc) is 3.59. The van der Waals surface area contributed by atoms with Gasteiger partial charge in [-0.25, -0.2) is 0 Å². The Hall–Kier alpha value is -2.53. The molecule has 1 aliphatic carbocycles. The van der Waals surface area contributed by atoms with Crippen LogP contribution in [0.2, 0.25) is 0 Å². The lowest BCUT2D eigenvalue weighted by Gasteiger charge is -2.38. The highest BCUT2D eigenvalue weighted by atomic mass is 16.5. The molecule has 2 aliphatic rings. The molecule has 1 heterocycles. The molecule has 1 saturated carbocycles. The zero-order valence-electron chi connectivity index (χ0n) is 18.5. The molecule has 3 atom stereocenters. The van der Waals surface area contributed by atoms with Gasteiger partial charge < -0.3 is 19.7 Å². The molecule has 1 fully saturated rings. The van der Waals surface area contributed by atoms with Crippen LogP contribution in [0.15, 0.2) is 36.4 Å². The van der Waals surface area contributed by atoms with Crippen LogP contribution in [0.25, 0.3) is 0 Å². The van der Waals surface area contributed by atoms with Crippen LogP contribution in [0.3, 0.4) is 0 Å². The Bertz CT molecular complexity index is 905. The molecule has 160 valence electrons. The summed E-state index contributed by atoms with van der Waals surface area (Å²) in [6, 6.07) is 13.2. The molecule has 0 radical (unpaired) electrons. The molecule has 0 aromatic heterocycles. The first kappa shape index (κ1) is 20.7. The van der Waals surface area contributed by atoms with Crippen molar-refractivity contribution < 1.29 is 19.2 Å². The van der Waals surface area contributed by atoms with E-state index in [9.17, 15) is 4.79 Å².